The van der Waals surface area contributed by atoms with Gasteiger partial charge in [0.1, 0.15) is 0 Å². The smallest absolute Gasteiger partial charge is 0.0588 e. The summed E-state index contributed by atoms with van der Waals surface area (Å²) in [6.45, 7) is 9.32. The minimum absolute atomic E-state index is 0.310. The van der Waals surface area contributed by atoms with Crippen LogP contribution in [0.5, 0.6) is 0 Å². The van der Waals surface area contributed by atoms with Crippen LogP contribution in [0.1, 0.15) is 46.0 Å². The summed E-state index contributed by atoms with van der Waals surface area (Å²) in [6, 6.07) is 0.752. The number of piperazine rings is 1. The largest absolute Gasteiger partial charge is 0.378 e. The first-order valence-electron chi connectivity index (χ1n) is 7.75. The van der Waals surface area contributed by atoms with Gasteiger partial charge < -0.3 is 10.1 Å². The summed E-state index contributed by atoms with van der Waals surface area (Å²) >= 11 is 0. The van der Waals surface area contributed by atoms with E-state index in [1.807, 2.05) is 0 Å². The van der Waals surface area contributed by atoms with Gasteiger partial charge >= 0.3 is 0 Å². The summed E-state index contributed by atoms with van der Waals surface area (Å²) in [5, 5.41) is 3.76. The zero-order valence-corrected chi connectivity index (χ0v) is 12.0. The fourth-order valence-corrected chi connectivity index (χ4v) is 3.42. The third kappa shape index (κ3) is 2.89. The SMILES string of the molecule is CC1(C)CNC(C2CC2)CN1CCC1CCCO1. The molecule has 0 amide bonds. The molecule has 2 atom stereocenters. The van der Waals surface area contributed by atoms with Crippen LogP contribution in [0.3, 0.4) is 0 Å². The summed E-state index contributed by atoms with van der Waals surface area (Å²) in [6.07, 6.45) is 7.18. The van der Waals surface area contributed by atoms with Crippen LogP contribution in [-0.4, -0.2) is 48.8 Å². The normalized spacial score (nSPS) is 37.0. The quantitative estimate of drug-likeness (QED) is 0.828. The van der Waals surface area contributed by atoms with Crippen LogP contribution in [0.25, 0.3) is 0 Å². The Morgan fingerprint density at radius 3 is 2.78 bits per heavy atom. The van der Waals surface area contributed by atoms with E-state index in [1.54, 1.807) is 0 Å². The van der Waals surface area contributed by atoms with Gasteiger partial charge in [0.25, 0.3) is 0 Å². The predicted octanol–water partition coefficient (Wildman–Crippen LogP) is 2.02. The van der Waals surface area contributed by atoms with E-state index < -0.39 is 0 Å². The van der Waals surface area contributed by atoms with Gasteiger partial charge in [-0.3, -0.25) is 4.90 Å². The third-order valence-electron chi connectivity index (χ3n) is 5.01. The van der Waals surface area contributed by atoms with Gasteiger partial charge in [0.15, 0.2) is 0 Å². The number of nitrogens with zero attached hydrogens (tertiary/aromatic N) is 1. The maximum Gasteiger partial charge on any atom is 0.0588 e. The molecule has 0 radical (unpaired) electrons. The summed E-state index contributed by atoms with van der Waals surface area (Å²) in [5.41, 5.74) is 0.310. The molecule has 3 nitrogen and oxygen atoms in total. The fourth-order valence-electron chi connectivity index (χ4n) is 3.42. The first kappa shape index (κ1) is 12.9. The molecule has 3 fully saturated rings. The summed E-state index contributed by atoms with van der Waals surface area (Å²) in [4.78, 5) is 2.70. The van der Waals surface area contributed by atoms with Crippen LogP contribution in [0.2, 0.25) is 0 Å². The van der Waals surface area contributed by atoms with E-state index >= 15 is 0 Å². The Kier molecular flexibility index (Phi) is 3.65. The van der Waals surface area contributed by atoms with Crippen molar-refractivity contribution in [1.82, 2.24) is 10.2 Å². The second-order valence-electron chi connectivity index (χ2n) is 7.01. The van der Waals surface area contributed by atoms with Gasteiger partial charge in [-0.15, -0.1) is 0 Å². The van der Waals surface area contributed by atoms with Crippen molar-refractivity contribution in [2.45, 2.75) is 63.6 Å². The van der Waals surface area contributed by atoms with Gasteiger partial charge in [-0.25, -0.2) is 0 Å². The van der Waals surface area contributed by atoms with Gasteiger partial charge in [0, 0.05) is 37.8 Å². The van der Waals surface area contributed by atoms with Crippen LogP contribution in [0.4, 0.5) is 0 Å². The second-order valence-corrected chi connectivity index (χ2v) is 7.01. The molecule has 104 valence electrons. The second kappa shape index (κ2) is 5.10. The highest BCUT2D eigenvalue weighted by Crippen LogP contribution is 2.35. The van der Waals surface area contributed by atoms with E-state index in [0.717, 1.165) is 25.1 Å². The van der Waals surface area contributed by atoms with Crippen molar-refractivity contribution in [2.24, 2.45) is 5.92 Å². The summed E-state index contributed by atoms with van der Waals surface area (Å²) < 4.78 is 5.76. The molecule has 0 aromatic carbocycles. The van der Waals surface area contributed by atoms with Gasteiger partial charge in [-0.2, -0.15) is 0 Å². The lowest BCUT2D eigenvalue weighted by Crippen LogP contribution is -2.62. The fraction of sp³-hybridized carbons (Fsp3) is 1.00. The summed E-state index contributed by atoms with van der Waals surface area (Å²) in [5.74, 6) is 0.964. The topological polar surface area (TPSA) is 24.5 Å². The minimum Gasteiger partial charge on any atom is -0.378 e. The highest BCUT2D eigenvalue weighted by molar-refractivity contribution is 4.98. The van der Waals surface area contributed by atoms with Crippen LogP contribution in [-0.2, 0) is 4.74 Å². The van der Waals surface area contributed by atoms with E-state index in [1.165, 1.54) is 45.2 Å². The van der Waals surface area contributed by atoms with Gasteiger partial charge in [-0.05, 0) is 51.9 Å². The van der Waals surface area contributed by atoms with Crippen molar-refractivity contribution in [3.8, 4) is 0 Å². The van der Waals surface area contributed by atoms with E-state index in [0.29, 0.717) is 11.6 Å². The van der Waals surface area contributed by atoms with Crippen LogP contribution < -0.4 is 5.32 Å². The van der Waals surface area contributed by atoms with Gasteiger partial charge in [0.2, 0.25) is 0 Å². The molecule has 3 aliphatic rings. The number of ether oxygens (including phenoxy) is 1. The molecule has 1 N–H and O–H groups in total. The Balaban J connectivity index is 1.52. The van der Waals surface area contributed by atoms with Crippen LogP contribution >= 0.6 is 0 Å². The molecular formula is C15H28N2O. The lowest BCUT2D eigenvalue weighted by Gasteiger charge is -2.46. The molecule has 1 saturated carbocycles. The Morgan fingerprint density at radius 1 is 1.28 bits per heavy atom. The van der Waals surface area contributed by atoms with Crippen molar-refractivity contribution in [2.75, 3.05) is 26.2 Å². The molecule has 0 aromatic rings. The monoisotopic (exact) mass is 252 g/mol. The van der Waals surface area contributed by atoms with Crippen molar-refractivity contribution in [1.29, 1.82) is 0 Å². The molecule has 0 aromatic heterocycles. The zero-order valence-electron chi connectivity index (χ0n) is 12.0. The molecule has 18 heavy (non-hydrogen) atoms. The molecule has 2 unspecified atom stereocenters. The molecule has 0 bridgehead atoms. The lowest BCUT2D eigenvalue weighted by molar-refractivity contribution is 0.0356. The highest BCUT2D eigenvalue weighted by atomic mass is 16.5. The average molecular weight is 252 g/mol. The van der Waals surface area contributed by atoms with E-state index in [4.69, 9.17) is 4.74 Å². The lowest BCUT2D eigenvalue weighted by atomic mass is 9.95. The number of hydrogen-bond donors (Lipinski definition) is 1. The molecule has 3 heteroatoms. The minimum atomic E-state index is 0.310. The van der Waals surface area contributed by atoms with E-state index in [2.05, 4.69) is 24.1 Å². The van der Waals surface area contributed by atoms with Crippen LogP contribution in [0, 0.1) is 5.92 Å². The Hall–Kier alpha value is -0.120. The van der Waals surface area contributed by atoms with Crippen molar-refractivity contribution in [3.05, 3.63) is 0 Å². The molecule has 3 rings (SSSR count). The Labute approximate surface area is 111 Å². The van der Waals surface area contributed by atoms with Crippen molar-refractivity contribution in [3.63, 3.8) is 0 Å². The van der Waals surface area contributed by atoms with E-state index in [9.17, 15) is 0 Å². The van der Waals surface area contributed by atoms with Crippen molar-refractivity contribution < 1.29 is 4.74 Å². The maximum absolute atomic E-state index is 5.76. The molecule has 2 aliphatic heterocycles. The average Bonchev–Trinajstić information content (AvgIpc) is 3.04. The number of rotatable bonds is 4. The zero-order chi connectivity index (χ0) is 12.6. The molecular weight excluding hydrogens is 224 g/mol. The molecule has 0 spiro atoms. The number of nitrogens with one attached hydrogen (secondary N) is 1. The van der Waals surface area contributed by atoms with Gasteiger partial charge in [-0.1, -0.05) is 0 Å². The van der Waals surface area contributed by atoms with Crippen molar-refractivity contribution >= 4 is 0 Å². The van der Waals surface area contributed by atoms with E-state index in [-0.39, 0.29) is 0 Å². The summed E-state index contributed by atoms with van der Waals surface area (Å²) in [7, 11) is 0. The van der Waals surface area contributed by atoms with Crippen LogP contribution in [0.15, 0.2) is 0 Å². The number of hydrogen-bond acceptors (Lipinski definition) is 3. The highest BCUT2D eigenvalue weighted by Gasteiger charge is 2.40. The molecule has 2 heterocycles. The Bertz CT molecular complexity index is 282. The Morgan fingerprint density at radius 2 is 2.11 bits per heavy atom. The predicted molar refractivity (Wildman–Crippen MR) is 73.8 cm³/mol. The third-order valence-corrected chi connectivity index (χ3v) is 5.01. The standard InChI is InChI=1S/C15H28N2O/c1-15(2)11-16-14(12-5-6-12)10-17(15)8-7-13-4-3-9-18-13/h12-14,16H,3-11H2,1-2H3. The molecule has 2 saturated heterocycles. The molecule has 1 aliphatic carbocycles. The maximum atomic E-state index is 5.76. The first-order chi connectivity index (χ1) is 8.65. The van der Waals surface area contributed by atoms with Gasteiger partial charge in [0.05, 0.1) is 6.10 Å². The first-order valence-corrected chi connectivity index (χ1v) is 7.75.